The number of hydrogen-bond acceptors (Lipinski definition) is 4. The largest absolute Gasteiger partial charge is 0.315 e. The lowest BCUT2D eigenvalue weighted by molar-refractivity contribution is 0.603. The second-order valence-electron chi connectivity index (χ2n) is 4.43. The van der Waals surface area contributed by atoms with Crippen molar-refractivity contribution in [1.82, 2.24) is 5.32 Å². The Kier molecular flexibility index (Phi) is 4.88. The Labute approximate surface area is 132 Å². The molecule has 0 aliphatic rings. The topological polar surface area (TPSA) is 58.2 Å². The Balaban J connectivity index is 2.32. The standard InChI is InChI=1S/C13H14ClFN2O2S2/c1-8-5-13(20-12(8)7-16-2)21(18,19)17-11-4-3-9(15)6-10(11)14/h3-6,16-17H,7H2,1-2H3. The summed E-state index contributed by atoms with van der Waals surface area (Å²) < 4.78 is 40.2. The highest BCUT2D eigenvalue weighted by molar-refractivity contribution is 7.94. The molecule has 1 heterocycles. The molecule has 2 aromatic rings. The monoisotopic (exact) mass is 348 g/mol. The molecule has 1 aromatic heterocycles. The molecule has 2 rings (SSSR count). The molecular formula is C13H14ClFN2O2S2. The predicted molar refractivity (Wildman–Crippen MR) is 84.0 cm³/mol. The minimum atomic E-state index is -3.73. The Morgan fingerprint density at radius 2 is 2.05 bits per heavy atom. The molecule has 114 valence electrons. The van der Waals surface area contributed by atoms with Gasteiger partial charge in [-0.05, 0) is 43.8 Å². The molecule has 0 aliphatic heterocycles. The highest BCUT2D eigenvalue weighted by Crippen LogP contribution is 2.30. The first kappa shape index (κ1) is 16.2. The fraction of sp³-hybridized carbons (Fsp3) is 0.231. The molecule has 0 aliphatic carbocycles. The first-order valence-electron chi connectivity index (χ1n) is 6.05. The van der Waals surface area contributed by atoms with Crippen molar-refractivity contribution in [1.29, 1.82) is 0 Å². The van der Waals surface area contributed by atoms with Crippen LogP contribution in [0, 0.1) is 12.7 Å². The van der Waals surface area contributed by atoms with E-state index in [0.717, 1.165) is 22.6 Å². The van der Waals surface area contributed by atoms with Gasteiger partial charge in [0.15, 0.2) is 0 Å². The van der Waals surface area contributed by atoms with Crippen molar-refractivity contribution >= 4 is 38.6 Å². The number of thiophene rings is 1. The van der Waals surface area contributed by atoms with Crippen molar-refractivity contribution in [3.63, 3.8) is 0 Å². The summed E-state index contributed by atoms with van der Waals surface area (Å²) in [6.45, 7) is 2.45. The van der Waals surface area contributed by atoms with E-state index in [-0.39, 0.29) is 14.9 Å². The molecule has 4 nitrogen and oxygen atoms in total. The van der Waals surface area contributed by atoms with Gasteiger partial charge in [-0.1, -0.05) is 11.6 Å². The Bertz CT molecular complexity index is 760. The number of rotatable bonds is 5. The Hall–Kier alpha value is -1.15. The molecule has 0 atom stereocenters. The minimum Gasteiger partial charge on any atom is -0.315 e. The molecule has 0 fully saturated rings. The lowest BCUT2D eigenvalue weighted by atomic mass is 10.3. The van der Waals surface area contributed by atoms with Crippen LogP contribution in [-0.4, -0.2) is 15.5 Å². The summed E-state index contributed by atoms with van der Waals surface area (Å²) in [4.78, 5) is 0.947. The van der Waals surface area contributed by atoms with Gasteiger partial charge in [0.1, 0.15) is 10.0 Å². The number of sulfonamides is 1. The molecule has 0 amide bonds. The van der Waals surface area contributed by atoms with Crippen LogP contribution >= 0.6 is 22.9 Å². The average Bonchev–Trinajstić information content (AvgIpc) is 2.76. The summed E-state index contributed by atoms with van der Waals surface area (Å²) in [7, 11) is -1.94. The van der Waals surface area contributed by atoms with E-state index in [1.807, 2.05) is 6.92 Å². The maximum atomic E-state index is 13.0. The van der Waals surface area contributed by atoms with E-state index in [0.29, 0.717) is 6.54 Å². The van der Waals surface area contributed by atoms with E-state index in [1.54, 1.807) is 13.1 Å². The first-order valence-corrected chi connectivity index (χ1v) is 8.73. The highest BCUT2D eigenvalue weighted by Gasteiger charge is 2.20. The van der Waals surface area contributed by atoms with Crippen LogP contribution in [0.15, 0.2) is 28.5 Å². The average molecular weight is 349 g/mol. The van der Waals surface area contributed by atoms with Gasteiger partial charge in [-0.15, -0.1) is 11.3 Å². The van der Waals surface area contributed by atoms with Gasteiger partial charge in [-0.3, -0.25) is 4.72 Å². The number of halogens is 2. The van der Waals surface area contributed by atoms with Gasteiger partial charge in [-0.2, -0.15) is 0 Å². The zero-order valence-corrected chi connectivity index (χ0v) is 13.8. The number of anilines is 1. The van der Waals surface area contributed by atoms with Crippen LogP contribution < -0.4 is 10.0 Å². The second kappa shape index (κ2) is 6.31. The molecule has 0 unspecified atom stereocenters. The minimum absolute atomic E-state index is 0.0160. The summed E-state index contributed by atoms with van der Waals surface area (Å²) in [6, 6.07) is 5.11. The maximum Gasteiger partial charge on any atom is 0.271 e. The van der Waals surface area contributed by atoms with E-state index < -0.39 is 15.8 Å². The van der Waals surface area contributed by atoms with Crippen molar-refractivity contribution in [2.45, 2.75) is 17.7 Å². The molecular weight excluding hydrogens is 335 g/mol. The third-order valence-electron chi connectivity index (χ3n) is 2.78. The molecule has 0 saturated carbocycles. The number of nitrogens with one attached hydrogen (secondary N) is 2. The lowest BCUT2D eigenvalue weighted by Crippen LogP contribution is -2.11. The van der Waals surface area contributed by atoms with Crippen LogP contribution in [0.25, 0.3) is 0 Å². The summed E-state index contributed by atoms with van der Waals surface area (Å²) in [5.74, 6) is -0.522. The fourth-order valence-corrected chi connectivity index (χ4v) is 4.68. The predicted octanol–water partition coefficient (Wildman–Crippen LogP) is 3.37. The molecule has 1 aromatic carbocycles. The molecule has 0 spiro atoms. The van der Waals surface area contributed by atoms with E-state index in [2.05, 4.69) is 10.0 Å². The molecule has 0 radical (unpaired) electrons. The van der Waals surface area contributed by atoms with Crippen LogP contribution in [0.2, 0.25) is 5.02 Å². The zero-order valence-electron chi connectivity index (χ0n) is 11.4. The lowest BCUT2D eigenvalue weighted by Gasteiger charge is -2.08. The zero-order chi connectivity index (χ0) is 15.6. The summed E-state index contributed by atoms with van der Waals surface area (Å²) in [6.07, 6.45) is 0. The fourth-order valence-electron chi connectivity index (χ4n) is 1.72. The number of aryl methyl sites for hydroxylation is 1. The Morgan fingerprint density at radius 1 is 1.33 bits per heavy atom. The number of hydrogen-bond donors (Lipinski definition) is 2. The van der Waals surface area contributed by atoms with Gasteiger partial charge in [0.05, 0.1) is 10.7 Å². The van der Waals surface area contributed by atoms with E-state index in [9.17, 15) is 12.8 Å². The molecule has 21 heavy (non-hydrogen) atoms. The first-order chi connectivity index (χ1) is 9.83. The van der Waals surface area contributed by atoms with Gasteiger partial charge in [0.2, 0.25) is 0 Å². The normalized spacial score (nSPS) is 11.6. The van der Waals surface area contributed by atoms with Crippen LogP contribution in [0.1, 0.15) is 10.4 Å². The van der Waals surface area contributed by atoms with Gasteiger partial charge >= 0.3 is 0 Å². The summed E-state index contributed by atoms with van der Waals surface area (Å²) in [5, 5.41) is 3.00. The van der Waals surface area contributed by atoms with Crippen molar-refractivity contribution in [2.75, 3.05) is 11.8 Å². The van der Waals surface area contributed by atoms with E-state index >= 15 is 0 Å². The van der Waals surface area contributed by atoms with Crippen LogP contribution in [0.3, 0.4) is 0 Å². The third kappa shape index (κ3) is 3.74. The molecule has 0 saturated heterocycles. The van der Waals surface area contributed by atoms with Crippen molar-refractivity contribution in [3.8, 4) is 0 Å². The van der Waals surface area contributed by atoms with Crippen molar-refractivity contribution in [3.05, 3.63) is 45.5 Å². The second-order valence-corrected chi connectivity index (χ2v) is 7.88. The van der Waals surface area contributed by atoms with Crippen molar-refractivity contribution < 1.29 is 12.8 Å². The molecule has 2 N–H and O–H groups in total. The SMILES string of the molecule is CNCc1sc(S(=O)(=O)Nc2ccc(F)cc2Cl)cc1C. The van der Waals surface area contributed by atoms with Crippen LogP contribution in [-0.2, 0) is 16.6 Å². The quantitative estimate of drug-likeness (QED) is 0.871. The number of benzene rings is 1. The summed E-state index contributed by atoms with van der Waals surface area (Å²) in [5.41, 5.74) is 1.05. The van der Waals surface area contributed by atoms with Gasteiger partial charge in [0.25, 0.3) is 10.0 Å². The third-order valence-corrected chi connectivity index (χ3v) is 6.16. The van der Waals surface area contributed by atoms with Gasteiger partial charge in [-0.25, -0.2) is 12.8 Å². The van der Waals surface area contributed by atoms with Crippen LogP contribution in [0.5, 0.6) is 0 Å². The van der Waals surface area contributed by atoms with Crippen LogP contribution in [0.4, 0.5) is 10.1 Å². The van der Waals surface area contributed by atoms with Crippen molar-refractivity contribution in [2.24, 2.45) is 0 Å². The van der Waals surface area contributed by atoms with Gasteiger partial charge < -0.3 is 5.32 Å². The Morgan fingerprint density at radius 3 is 2.67 bits per heavy atom. The van der Waals surface area contributed by atoms with Gasteiger partial charge in [0, 0.05) is 11.4 Å². The summed E-state index contributed by atoms with van der Waals surface area (Å²) >= 11 is 7.02. The smallest absolute Gasteiger partial charge is 0.271 e. The van der Waals surface area contributed by atoms with E-state index in [4.69, 9.17) is 11.6 Å². The molecule has 8 heteroatoms. The highest BCUT2D eigenvalue weighted by atomic mass is 35.5. The maximum absolute atomic E-state index is 13.0. The van der Waals surface area contributed by atoms with E-state index in [1.165, 1.54) is 17.4 Å². The molecule has 0 bridgehead atoms.